The first kappa shape index (κ1) is 27.8. The monoisotopic (exact) mass is 598 g/mol. The lowest BCUT2D eigenvalue weighted by atomic mass is 10.1. The minimum atomic E-state index is -4.28. The highest BCUT2D eigenvalue weighted by Gasteiger charge is 2.30. The predicted molar refractivity (Wildman–Crippen MR) is 154 cm³/mol. The fraction of sp³-hybridized carbons (Fsp3) is 0.185. The van der Waals surface area contributed by atoms with Gasteiger partial charge in [0.15, 0.2) is 18.0 Å². The number of hydrogen-bond acceptors (Lipinski definition) is 7. The van der Waals surface area contributed by atoms with E-state index in [9.17, 15) is 25.9 Å². The second kappa shape index (κ2) is 11.0. The van der Waals surface area contributed by atoms with Gasteiger partial charge in [0.05, 0.1) is 29.8 Å². The molecule has 0 spiro atoms. The third-order valence-corrected chi connectivity index (χ3v) is 8.90. The van der Waals surface area contributed by atoms with Crippen LogP contribution in [-0.2, 0) is 26.8 Å². The molecule has 0 amide bonds. The van der Waals surface area contributed by atoms with Crippen LogP contribution in [0.15, 0.2) is 72.6 Å². The molecule has 1 aliphatic rings. The normalized spacial score (nSPS) is 14.3. The molecule has 206 valence electrons. The van der Waals surface area contributed by atoms with Crippen molar-refractivity contribution in [3.8, 4) is 16.9 Å². The van der Waals surface area contributed by atoms with Gasteiger partial charge in [-0.1, -0.05) is 53.8 Å². The zero-order chi connectivity index (χ0) is 28.5. The summed E-state index contributed by atoms with van der Waals surface area (Å²) < 4.78 is 73.5. The number of anilines is 1. The van der Waals surface area contributed by atoms with Crippen molar-refractivity contribution >= 4 is 59.2 Å². The summed E-state index contributed by atoms with van der Waals surface area (Å²) in [6.45, 7) is 7.49. The van der Waals surface area contributed by atoms with Crippen molar-refractivity contribution in [2.75, 3.05) is 23.0 Å². The quantitative estimate of drug-likeness (QED) is 0.160. The van der Waals surface area contributed by atoms with E-state index >= 15 is 0 Å². The van der Waals surface area contributed by atoms with Gasteiger partial charge in [0.25, 0.3) is 25.2 Å². The highest BCUT2D eigenvalue weighted by atomic mass is 32.2. The van der Waals surface area contributed by atoms with Gasteiger partial charge in [-0.2, -0.15) is 21.4 Å². The smallest absolute Gasteiger partial charge is 0.268 e. The van der Waals surface area contributed by atoms with Gasteiger partial charge in [0.2, 0.25) is 11.4 Å². The van der Waals surface area contributed by atoms with E-state index in [2.05, 4.69) is 4.85 Å². The molecule has 1 aliphatic heterocycles. The standard InChI is InChI=1S/C27H23N3O7S3/c1-28-21-9-10-24-22(17-21)29(13-15-40(34,35)36)26(37-24)18-27-30(12-5-14-39(31,32)33)23-16-20(8-11-25(23)38-27)19-6-3-2-4-7-19/h2-4,6-11,16-18H,5,12-15H2,(H-,31,32,33,34,35,36)/p+1. The van der Waals surface area contributed by atoms with Crippen LogP contribution in [0.25, 0.3) is 32.3 Å². The summed E-state index contributed by atoms with van der Waals surface area (Å²) in [4.78, 5) is 5.02. The van der Waals surface area contributed by atoms with Gasteiger partial charge >= 0.3 is 0 Å². The molecule has 0 radical (unpaired) electrons. The maximum absolute atomic E-state index is 11.6. The van der Waals surface area contributed by atoms with E-state index in [1.54, 1.807) is 29.2 Å². The van der Waals surface area contributed by atoms with Gasteiger partial charge in [-0.05, 0) is 29.3 Å². The Hall–Kier alpha value is -3.80. The number of ether oxygens (including phenoxy) is 1. The Morgan fingerprint density at radius 1 is 0.950 bits per heavy atom. The molecule has 40 heavy (non-hydrogen) atoms. The summed E-state index contributed by atoms with van der Waals surface area (Å²) in [5.74, 6) is -0.247. The van der Waals surface area contributed by atoms with Gasteiger partial charge in [0.1, 0.15) is 4.70 Å². The topological polar surface area (TPSA) is 129 Å². The minimum absolute atomic E-state index is 0.120. The highest BCUT2D eigenvalue weighted by molar-refractivity contribution is 7.86. The van der Waals surface area contributed by atoms with E-state index in [0.717, 1.165) is 21.3 Å². The molecule has 3 aromatic carbocycles. The first-order valence-electron chi connectivity index (χ1n) is 12.1. The summed E-state index contributed by atoms with van der Waals surface area (Å²) in [5.41, 5.74) is 3.68. The fourth-order valence-electron chi connectivity index (χ4n) is 4.46. The van der Waals surface area contributed by atoms with Crippen LogP contribution in [0.2, 0.25) is 0 Å². The van der Waals surface area contributed by atoms with Crippen LogP contribution >= 0.6 is 11.3 Å². The van der Waals surface area contributed by atoms with Crippen molar-refractivity contribution in [1.82, 2.24) is 0 Å². The number of fused-ring (bicyclic) bond motifs is 2. The summed E-state index contributed by atoms with van der Waals surface area (Å²) in [6.07, 6.45) is 1.88. The molecule has 0 fully saturated rings. The second-order valence-corrected chi connectivity index (χ2v) is 13.3. The molecule has 13 heteroatoms. The lowest BCUT2D eigenvalue weighted by molar-refractivity contribution is -0.668. The summed E-state index contributed by atoms with van der Waals surface area (Å²) in [7, 11) is -8.43. The summed E-state index contributed by atoms with van der Waals surface area (Å²) in [6, 6.07) is 20.6. The Labute approximate surface area is 235 Å². The molecule has 0 aliphatic carbocycles. The van der Waals surface area contributed by atoms with Crippen molar-refractivity contribution in [2.24, 2.45) is 0 Å². The van der Waals surface area contributed by atoms with E-state index < -0.39 is 31.7 Å². The van der Waals surface area contributed by atoms with Gasteiger partial charge in [-0.3, -0.25) is 9.11 Å². The molecule has 1 aromatic heterocycles. The van der Waals surface area contributed by atoms with Crippen molar-refractivity contribution in [3.63, 3.8) is 0 Å². The largest absolute Gasteiger partial charge is 0.438 e. The number of aryl methyl sites for hydroxylation is 1. The molecule has 0 saturated heterocycles. The van der Waals surface area contributed by atoms with Gasteiger partial charge in [-0.15, -0.1) is 0 Å². The van der Waals surface area contributed by atoms with Crippen molar-refractivity contribution in [2.45, 2.75) is 13.0 Å². The van der Waals surface area contributed by atoms with E-state index in [-0.39, 0.29) is 19.5 Å². The fourth-order valence-corrected chi connectivity index (χ4v) is 6.47. The molecule has 5 rings (SSSR count). The van der Waals surface area contributed by atoms with Crippen LogP contribution in [0.5, 0.6) is 5.75 Å². The molecule has 4 aromatic rings. The average molecular weight is 599 g/mol. The molecule has 10 nitrogen and oxygen atoms in total. The molecule has 0 unspecified atom stereocenters. The Morgan fingerprint density at radius 2 is 1.70 bits per heavy atom. The number of hydrogen-bond donors (Lipinski definition) is 2. The van der Waals surface area contributed by atoms with Gasteiger partial charge < -0.3 is 9.64 Å². The molecular weight excluding hydrogens is 575 g/mol. The van der Waals surface area contributed by atoms with Gasteiger partial charge in [-0.25, -0.2) is 4.85 Å². The number of benzene rings is 3. The zero-order valence-corrected chi connectivity index (χ0v) is 23.4. The lowest BCUT2D eigenvalue weighted by Crippen LogP contribution is -2.36. The summed E-state index contributed by atoms with van der Waals surface area (Å²) >= 11 is 1.44. The summed E-state index contributed by atoms with van der Waals surface area (Å²) in [5, 5.41) is 0.695. The highest BCUT2D eigenvalue weighted by Crippen LogP contribution is 2.42. The molecule has 0 saturated carbocycles. The Bertz CT molecular complexity index is 1880. The van der Waals surface area contributed by atoms with Crippen LogP contribution in [0, 0.1) is 6.57 Å². The van der Waals surface area contributed by atoms with Gasteiger partial charge in [0, 0.05) is 19.0 Å². The molecule has 2 heterocycles. The molecule has 0 atom stereocenters. The van der Waals surface area contributed by atoms with Crippen LogP contribution in [0.3, 0.4) is 0 Å². The molecule has 2 N–H and O–H groups in total. The maximum atomic E-state index is 11.6. The van der Waals surface area contributed by atoms with E-state index in [0.29, 0.717) is 28.0 Å². The van der Waals surface area contributed by atoms with E-state index in [4.69, 9.17) is 11.3 Å². The van der Waals surface area contributed by atoms with Crippen LogP contribution in [0.1, 0.15) is 11.4 Å². The predicted octanol–water partition coefficient (Wildman–Crippen LogP) is 4.77. The molecular formula is C27H24N3O7S3+. The van der Waals surface area contributed by atoms with Crippen LogP contribution in [0.4, 0.5) is 11.4 Å². The Morgan fingerprint density at radius 3 is 2.40 bits per heavy atom. The minimum Gasteiger partial charge on any atom is -0.438 e. The first-order chi connectivity index (χ1) is 19.0. The number of aromatic nitrogens is 1. The Balaban J connectivity index is 1.60. The van der Waals surface area contributed by atoms with E-state index in [1.165, 1.54) is 11.3 Å². The first-order valence-corrected chi connectivity index (χ1v) is 16.1. The molecule has 0 bridgehead atoms. The van der Waals surface area contributed by atoms with E-state index in [1.807, 2.05) is 53.1 Å². The third-order valence-electron chi connectivity index (χ3n) is 6.28. The average Bonchev–Trinajstić information content (AvgIpc) is 3.43. The maximum Gasteiger partial charge on any atom is 0.268 e. The SMILES string of the molecule is [C-]#[N+]c1ccc2c(c1)N(CCS(=O)(=O)O)/C(=C/c1sc3ccc(-c4ccccc4)cc3[n+]1CCCS(=O)(=O)O)O2. The van der Waals surface area contributed by atoms with Crippen LogP contribution in [-0.4, -0.2) is 44.0 Å². The zero-order valence-electron chi connectivity index (χ0n) is 21.0. The van der Waals surface area contributed by atoms with Crippen molar-refractivity contribution in [3.05, 3.63) is 89.0 Å². The number of nitrogens with zero attached hydrogens (tertiary/aromatic N) is 3. The third kappa shape index (κ3) is 6.33. The van der Waals surface area contributed by atoms with Crippen molar-refractivity contribution in [1.29, 1.82) is 0 Å². The number of rotatable bonds is 9. The Kier molecular flexibility index (Phi) is 7.63. The lowest BCUT2D eigenvalue weighted by Gasteiger charge is -2.17. The van der Waals surface area contributed by atoms with Crippen molar-refractivity contribution < 1.29 is 35.2 Å². The number of thiazole rings is 1. The van der Waals surface area contributed by atoms with Crippen LogP contribution < -0.4 is 14.2 Å². The second-order valence-electron chi connectivity index (χ2n) is 9.07.